The standard InChI is InChI=1S/C15H15BrO4/c16-10-8-12-11(19-15(20-12)5-2-6-15)7-9(10)14(13(17)18)3-1-4-14/h7-8H,1-6H2,(H,17,18). The Bertz CT molecular complexity index is 602. The minimum Gasteiger partial charge on any atom is -0.481 e. The van der Waals surface area contributed by atoms with Crippen LogP contribution in [-0.2, 0) is 10.2 Å². The van der Waals surface area contributed by atoms with Crippen LogP contribution in [0.15, 0.2) is 16.6 Å². The molecule has 2 aliphatic carbocycles. The molecule has 1 aromatic rings. The molecule has 4 rings (SSSR count). The summed E-state index contributed by atoms with van der Waals surface area (Å²) in [5.41, 5.74) is 0.0574. The van der Waals surface area contributed by atoms with Gasteiger partial charge < -0.3 is 14.6 Å². The molecule has 1 N–H and O–H groups in total. The Morgan fingerprint density at radius 2 is 1.70 bits per heavy atom. The fourth-order valence-electron chi connectivity index (χ4n) is 3.28. The van der Waals surface area contributed by atoms with Crippen LogP contribution in [0.4, 0.5) is 0 Å². The summed E-state index contributed by atoms with van der Waals surface area (Å²) in [7, 11) is 0. The lowest BCUT2D eigenvalue weighted by Gasteiger charge is -2.38. The molecule has 106 valence electrons. The second kappa shape index (κ2) is 3.91. The molecular weight excluding hydrogens is 324 g/mol. The molecule has 3 aliphatic rings. The van der Waals surface area contributed by atoms with Crippen molar-refractivity contribution < 1.29 is 19.4 Å². The van der Waals surface area contributed by atoms with Crippen LogP contribution in [0.1, 0.15) is 44.1 Å². The molecule has 1 aliphatic heterocycles. The van der Waals surface area contributed by atoms with Gasteiger partial charge in [0.2, 0.25) is 0 Å². The predicted molar refractivity (Wildman–Crippen MR) is 75.1 cm³/mol. The van der Waals surface area contributed by atoms with E-state index in [1.807, 2.05) is 12.1 Å². The lowest BCUT2D eigenvalue weighted by Crippen LogP contribution is -2.45. The second-order valence-electron chi connectivity index (χ2n) is 5.99. The van der Waals surface area contributed by atoms with Crippen molar-refractivity contribution >= 4 is 21.9 Å². The Labute approximate surface area is 125 Å². The van der Waals surface area contributed by atoms with E-state index in [4.69, 9.17) is 9.47 Å². The quantitative estimate of drug-likeness (QED) is 0.894. The fraction of sp³-hybridized carbons (Fsp3) is 0.533. The first kappa shape index (κ1) is 12.5. The van der Waals surface area contributed by atoms with Gasteiger partial charge in [-0.05, 0) is 37.0 Å². The molecule has 0 bridgehead atoms. The monoisotopic (exact) mass is 338 g/mol. The van der Waals surface area contributed by atoms with Gasteiger partial charge in [0.1, 0.15) is 0 Å². The van der Waals surface area contributed by atoms with Gasteiger partial charge in [-0.25, -0.2) is 0 Å². The van der Waals surface area contributed by atoms with Crippen LogP contribution in [0.25, 0.3) is 0 Å². The van der Waals surface area contributed by atoms with Crippen LogP contribution in [0.2, 0.25) is 0 Å². The minimum absolute atomic E-state index is 0.476. The number of hydrogen-bond donors (Lipinski definition) is 1. The van der Waals surface area contributed by atoms with Crippen molar-refractivity contribution in [3.63, 3.8) is 0 Å². The number of fused-ring (bicyclic) bond motifs is 1. The van der Waals surface area contributed by atoms with E-state index in [-0.39, 0.29) is 0 Å². The Kier molecular flexibility index (Phi) is 2.44. The van der Waals surface area contributed by atoms with Gasteiger partial charge in [-0.15, -0.1) is 0 Å². The Morgan fingerprint density at radius 3 is 2.15 bits per heavy atom. The van der Waals surface area contributed by atoms with Gasteiger partial charge in [0.05, 0.1) is 5.41 Å². The third-order valence-corrected chi connectivity index (χ3v) is 5.53. The second-order valence-corrected chi connectivity index (χ2v) is 6.84. The maximum atomic E-state index is 11.7. The van der Waals surface area contributed by atoms with E-state index >= 15 is 0 Å². The van der Waals surface area contributed by atoms with E-state index < -0.39 is 17.2 Å². The topological polar surface area (TPSA) is 55.8 Å². The van der Waals surface area contributed by atoms with Gasteiger partial charge in [-0.3, -0.25) is 4.79 Å². The Hall–Kier alpha value is -1.23. The summed E-state index contributed by atoms with van der Waals surface area (Å²) in [6, 6.07) is 3.72. The van der Waals surface area contributed by atoms with Crippen molar-refractivity contribution in [3.05, 3.63) is 22.2 Å². The highest BCUT2D eigenvalue weighted by atomic mass is 79.9. The van der Waals surface area contributed by atoms with Crippen molar-refractivity contribution in [2.45, 2.75) is 49.7 Å². The van der Waals surface area contributed by atoms with E-state index in [1.165, 1.54) is 0 Å². The average molecular weight is 339 g/mol. The van der Waals surface area contributed by atoms with Gasteiger partial charge in [0, 0.05) is 17.3 Å². The maximum Gasteiger partial charge on any atom is 0.314 e. The lowest BCUT2D eigenvalue weighted by atomic mass is 9.64. The van der Waals surface area contributed by atoms with E-state index in [1.54, 1.807) is 0 Å². The summed E-state index contributed by atoms with van der Waals surface area (Å²) >= 11 is 3.51. The molecule has 0 amide bonds. The summed E-state index contributed by atoms with van der Waals surface area (Å²) in [5.74, 6) is 0.188. The summed E-state index contributed by atoms with van der Waals surface area (Å²) in [4.78, 5) is 11.7. The SMILES string of the molecule is O=C(O)C1(c2cc3c(cc2Br)OC2(CCC2)O3)CCC1. The number of carbonyl (C=O) groups is 1. The molecule has 0 atom stereocenters. The molecular formula is C15H15BrO4. The summed E-state index contributed by atoms with van der Waals surface area (Å²) < 4.78 is 12.6. The van der Waals surface area contributed by atoms with Crippen molar-refractivity contribution in [2.75, 3.05) is 0 Å². The molecule has 2 fully saturated rings. The van der Waals surface area contributed by atoms with Crippen molar-refractivity contribution in [3.8, 4) is 11.5 Å². The third-order valence-electron chi connectivity index (χ3n) is 4.87. The van der Waals surface area contributed by atoms with Crippen molar-refractivity contribution in [2.24, 2.45) is 0 Å². The highest BCUT2D eigenvalue weighted by Crippen LogP contribution is 2.53. The highest BCUT2D eigenvalue weighted by molar-refractivity contribution is 9.10. The molecule has 1 aromatic carbocycles. The Balaban J connectivity index is 1.76. The van der Waals surface area contributed by atoms with Crippen LogP contribution in [-0.4, -0.2) is 16.9 Å². The fourth-order valence-corrected chi connectivity index (χ4v) is 3.98. The number of carboxylic acid groups (broad SMARTS) is 1. The smallest absolute Gasteiger partial charge is 0.314 e. The first-order valence-electron chi connectivity index (χ1n) is 7.00. The van der Waals surface area contributed by atoms with E-state index in [2.05, 4.69) is 15.9 Å². The molecule has 0 unspecified atom stereocenters. The molecule has 1 heterocycles. The van der Waals surface area contributed by atoms with Crippen LogP contribution >= 0.6 is 15.9 Å². The summed E-state index contributed by atoms with van der Waals surface area (Å²) in [5, 5.41) is 9.58. The first-order valence-corrected chi connectivity index (χ1v) is 7.80. The molecule has 0 saturated heterocycles. The number of rotatable bonds is 2. The number of hydrogen-bond acceptors (Lipinski definition) is 3. The lowest BCUT2D eigenvalue weighted by molar-refractivity contribution is -0.147. The number of ether oxygens (including phenoxy) is 2. The molecule has 1 spiro atoms. The normalized spacial score (nSPS) is 24.1. The number of carboxylic acids is 1. The molecule has 0 radical (unpaired) electrons. The Morgan fingerprint density at radius 1 is 1.10 bits per heavy atom. The van der Waals surface area contributed by atoms with E-state index in [0.717, 1.165) is 41.5 Å². The van der Waals surface area contributed by atoms with Gasteiger partial charge in [-0.1, -0.05) is 22.4 Å². The number of halogens is 1. The molecule has 4 nitrogen and oxygen atoms in total. The van der Waals surface area contributed by atoms with Gasteiger partial charge >= 0.3 is 5.97 Å². The van der Waals surface area contributed by atoms with Crippen molar-refractivity contribution in [1.82, 2.24) is 0 Å². The predicted octanol–water partition coefficient (Wildman–Crippen LogP) is 3.61. The number of benzene rings is 1. The summed E-state index contributed by atoms with van der Waals surface area (Å²) in [6.45, 7) is 0. The summed E-state index contributed by atoms with van der Waals surface area (Å²) in [6.07, 6.45) is 5.24. The largest absolute Gasteiger partial charge is 0.481 e. The zero-order valence-electron chi connectivity index (χ0n) is 10.9. The van der Waals surface area contributed by atoms with Crippen LogP contribution in [0.3, 0.4) is 0 Å². The van der Waals surface area contributed by atoms with Crippen molar-refractivity contribution in [1.29, 1.82) is 0 Å². The van der Waals surface area contributed by atoms with Crippen LogP contribution in [0, 0.1) is 0 Å². The third kappa shape index (κ3) is 1.50. The van der Waals surface area contributed by atoms with Crippen LogP contribution in [0.5, 0.6) is 11.5 Å². The zero-order chi connectivity index (χ0) is 14.0. The molecule has 20 heavy (non-hydrogen) atoms. The highest BCUT2D eigenvalue weighted by Gasteiger charge is 2.50. The molecule has 5 heteroatoms. The maximum absolute atomic E-state index is 11.7. The van der Waals surface area contributed by atoms with E-state index in [0.29, 0.717) is 18.6 Å². The molecule has 0 aromatic heterocycles. The van der Waals surface area contributed by atoms with E-state index in [9.17, 15) is 9.90 Å². The van der Waals surface area contributed by atoms with Crippen LogP contribution < -0.4 is 9.47 Å². The van der Waals surface area contributed by atoms with Gasteiger partial charge in [-0.2, -0.15) is 0 Å². The first-order chi connectivity index (χ1) is 9.55. The number of aliphatic carboxylic acids is 1. The van der Waals surface area contributed by atoms with Gasteiger partial charge in [0.15, 0.2) is 11.5 Å². The minimum atomic E-state index is -0.757. The van der Waals surface area contributed by atoms with Gasteiger partial charge in [0.25, 0.3) is 5.79 Å². The molecule has 2 saturated carbocycles. The average Bonchev–Trinajstić information content (AvgIpc) is 2.65. The zero-order valence-corrected chi connectivity index (χ0v) is 12.5.